The van der Waals surface area contributed by atoms with Gasteiger partial charge in [0.25, 0.3) is 0 Å². The molecule has 0 aromatic carbocycles. The minimum atomic E-state index is 0.719. The van der Waals surface area contributed by atoms with Crippen LogP contribution in [0.1, 0.15) is 12.6 Å². The molecule has 0 spiro atoms. The molecule has 1 rings (SSSR count). The van der Waals surface area contributed by atoms with Crippen molar-refractivity contribution in [3.8, 4) is 5.75 Å². The van der Waals surface area contributed by atoms with E-state index in [-0.39, 0.29) is 0 Å². The van der Waals surface area contributed by atoms with Crippen LogP contribution in [0.15, 0.2) is 18.3 Å². The van der Waals surface area contributed by atoms with Crippen molar-refractivity contribution in [3.63, 3.8) is 0 Å². The Bertz CT molecular complexity index is 275. The van der Waals surface area contributed by atoms with Crippen LogP contribution in [-0.4, -0.2) is 43.4 Å². The molecule has 1 heterocycles. The van der Waals surface area contributed by atoms with E-state index in [1.165, 1.54) is 0 Å². The highest BCUT2D eigenvalue weighted by Gasteiger charge is 1.97. The van der Waals surface area contributed by atoms with E-state index in [0.717, 1.165) is 49.3 Å². The fraction of sp³-hybridized carbons (Fsp3) is 0.615. The number of methoxy groups -OCH3 is 1. The zero-order chi connectivity index (χ0) is 13.1. The van der Waals surface area contributed by atoms with Crippen LogP contribution < -0.4 is 10.1 Å². The van der Waals surface area contributed by atoms with Gasteiger partial charge in [0.05, 0.1) is 25.1 Å². The van der Waals surface area contributed by atoms with Gasteiger partial charge in [-0.25, -0.2) is 0 Å². The first-order chi connectivity index (χ1) is 8.86. The number of nitrogens with zero attached hydrogens (tertiary/aromatic N) is 1. The van der Waals surface area contributed by atoms with Crippen LogP contribution in [0, 0.1) is 0 Å². The summed E-state index contributed by atoms with van der Waals surface area (Å²) >= 11 is 1.88. The first kappa shape index (κ1) is 15.3. The average molecular weight is 270 g/mol. The van der Waals surface area contributed by atoms with E-state index >= 15 is 0 Å². The summed E-state index contributed by atoms with van der Waals surface area (Å²) in [6, 6.07) is 3.96. The molecule has 102 valence electrons. The fourth-order valence-electron chi connectivity index (χ4n) is 1.35. The minimum absolute atomic E-state index is 0.719. The Hall–Kier alpha value is -0.780. The van der Waals surface area contributed by atoms with Gasteiger partial charge in [-0.2, -0.15) is 11.8 Å². The van der Waals surface area contributed by atoms with Crippen molar-refractivity contribution in [2.24, 2.45) is 0 Å². The molecule has 0 bridgehead atoms. The van der Waals surface area contributed by atoms with E-state index in [0.29, 0.717) is 0 Å². The molecule has 1 aromatic rings. The first-order valence-electron chi connectivity index (χ1n) is 6.22. The van der Waals surface area contributed by atoms with E-state index in [4.69, 9.17) is 9.47 Å². The van der Waals surface area contributed by atoms with Crippen molar-refractivity contribution in [1.29, 1.82) is 0 Å². The van der Waals surface area contributed by atoms with Crippen LogP contribution in [0.4, 0.5) is 0 Å². The number of pyridine rings is 1. The predicted molar refractivity (Wildman–Crippen MR) is 76.3 cm³/mol. The Morgan fingerprint density at radius 1 is 1.33 bits per heavy atom. The van der Waals surface area contributed by atoms with Gasteiger partial charge in [0, 0.05) is 26.0 Å². The maximum absolute atomic E-state index is 5.58. The fourth-order valence-corrected chi connectivity index (χ4v) is 1.84. The molecule has 0 aliphatic carbocycles. The molecular formula is C13H22N2O2S. The quantitative estimate of drug-likeness (QED) is 0.658. The van der Waals surface area contributed by atoms with Crippen LogP contribution in [0.2, 0.25) is 0 Å². The highest BCUT2D eigenvalue weighted by atomic mass is 32.2. The number of thioether (sulfide) groups is 1. The Morgan fingerprint density at radius 2 is 2.22 bits per heavy atom. The number of hydrogen-bond acceptors (Lipinski definition) is 5. The van der Waals surface area contributed by atoms with Gasteiger partial charge in [-0.15, -0.1) is 0 Å². The Balaban J connectivity index is 2.20. The maximum atomic E-state index is 5.58. The van der Waals surface area contributed by atoms with Crippen LogP contribution in [0.25, 0.3) is 0 Å². The second-order valence-electron chi connectivity index (χ2n) is 3.70. The summed E-state index contributed by atoms with van der Waals surface area (Å²) in [5, 5.41) is 3.25. The summed E-state index contributed by atoms with van der Waals surface area (Å²) < 4.78 is 10.5. The van der Waals surface area contributed by atoms with Gasteiger partial charge in [0.15, 0.2) is 0 Å². The molecule has 5 heteroatoms. The number of nitrogens with one attached hydrogen (secondary N) is 1. The van der Waals surface area contributed by atoms with Crippen molar-refractivity contribution in [2.45, 2.75) is 13.5 Å². The van der Waals surface area contributed by atoms with Crippen molar-refractivity contribution in [1.82, 2.24) is 10.3 Å². The summed E-state index contributed by atoms with van der Waals surface area (Å²) in [7, 11) is 1.70. The molecule has 0 aliphatic rings. The molecule has 0 saturated carbocycles. The summed E-state index contributed by atoms with van der Waals surface area (Å²) in [6.07, 6.45) is 1.78. The normalized spacial score (nSPS) is 10.6. The summed E-state index contributed by atoms with van der Waals surface area (Å²) in [6.45, 7) is 5.21. The molecule has 1 aromatic heterocycles. The smallest absolute Gasteiger partial charge is 0.137 e. The van der Waals surface area contributed by atoms with E-state index in [1.807, 2.05) is 23.9 Å². The van der Waals surface area contributed by atoms with Gasteiger partial charge in [0.2, 0.25) is 0 Å². The molecule has 4 nitrogen and oxygen atoms in total. The highest BCUT2D eigenvalue weighted by Crippen LogP contribution is 2.09. The zero-order valence-corrected chi connectivity index (χ0v) is 12.0. The van der Waals surface area contributed by atoms with E-state index in [9.17, 15) is 0 Å². The van der Waals surface area contributed by atoms with Crippen molar-refractivity contribution < 1.29 is 9.47 Å². The molecule has 0 saturated heterocycles. The molecule has 0 amide bonds. The maximum Gasteiger partial charge on any atom is 0.137 e. The van der Waals surface area contributed by atoms with Crippen LogP contribution in [0.5, 0.6) is 5.75 Å². The van der Waals surface area contributed by atoms with Gasteiger partial charge in [0.1, 0.15) is 5.75 Å². The summed E-state index contributed by atoms with van der Waals surface area (Å²) in [4.78, 5) is 4.34. The van der Waals surface area contributed by atoms with Crippen molar-refractivity contribution in [3.05, 3.63) is 24.0 Å². The van der Waals surface area contributed by atoms with Gasteiger partial charge >= 0.3 is 0 Å². The van der Waals surface area contributed by atoms with E-state index in [2.05, 4.69) is 17.2 Å². The summed E-state index contributed by atoms with van der Waals surface area (Å²) in [5.41, 5.74) is 1.02. The number of aromatic nitrogens is 1. The number of rotatable bonds is 10. The van der Waals surface area contributed by atoms with Gasteiger partial charge in [-0.1, -0.05) is 6.92 Å². The van der Waals surface area contributed by atoms with Gasteiger partial charge < -0.3 is 14.8 Å². The zero-order valence-electron chi connectivity index (χ0n) is 11.1. The average Bonchev–Trinajstić information content (AvgIpc) is 2.41. The van der Waals surface area contributed by atoms with Crippen molar-refractivity contribution in [2.75, 3.05) is 38.4 Å². The third-order valence-electron chi connectivity index (χ3n) is 2.29. The number of hydrogen-bond donors (Lipinski definition) is 1. The third kappa shape index (κ3) is 6.83. The molecule has 0 unspecified atom stereocenters. The molecule has 18 heavy (non-hydrogen) atoms. The van der Waals surface area contributed by atoms with Gasteiger partial charge in [-0.3, -0.25) is 4.98 Å². The minimum Gasteiger partial charge on any atom is -0.491 e. The molecule has 0 aliphatic heterocycles. The molecule has 0 atom stereocenters. The lowest BCUT2D eigenvalue weighted by Crippen LogP contribution is -2.19. The lowest BCUT2D eigenvalue weighted by atomic mass is 10.3. The summed E-state index contributed by atoms with van der Waals surface area (Å²) in [5.74, 6) is 3.00. The highest BCUT2D eigenvalue weighted by molar-refractivity contribution is 7.99. The lowest BCUT2D eigenvalue weighted by molar-refractivity contribution is 0.199. The predicted octanol–water partition coefficient (Wildman–Crippen LogP) is 1.95. The SMILES string of the molecule is CCSCCOc1ccc(CNCCOC)nc1. The Morgan fingerprint density at radius 3 is 2.89 bits per heavy atom. The monoisotopic (exact) mass is 270 g/mol. The second-order valence-corrected chi connectivity index (χ2v) is 5.09. The number of ether oxygens (including phenoxy) is 2. The van der Waals surface area contributed by atoms with Crippen LogP contribution >= 0.6 is 11.8 Å². The second kappa shape index (κ2) is 10.2. The first-order valence-corrected chi connectivity index (χ1v) is 7.37. The standard InChI is InChI=1S/C13H22N2O2S/c1-3-18-9-8-17-13-5-4-12(15-11-13)10-14-6-7-16-2/h4-5,11,14H,3,6-10H2,1-2H3. The molecular weight excluding hydrogens is 248 g/mol. The van der Waals surface area contributed by atoms with E-state index < -0.39 is 0 Å². The topological polar surface area (TPSA) is 43.4 Å². The molecule has 1 N–H and O–H groups in total. The largest absolute Gasteiger partial charge is 0.491 e. The van der Waals surface area contributed by atoms with E-state index in [1.54, 1.807) is 13.3 Å². The Kier molecular flexibility index (Phi) is 8.63. The molecule has 0 radical (unpaired) electrons. The molecule has 0 fully saturated rings. The lowest BCUT2D eigenvalue weighted by Gasteiger charge is -2.07. The van der Waals surface area contributed by atoms with Gasteiger partial charge in [-0.05, 0) is 17.9 Å². The Labute approximate surface area is 113 Å². The van der Waals surface area contributed by atoms with Crippen LogP contribution in [-0.2, 0) is 11.3 Å². The van der Waals surface area contributed by atoms with Crippen LogP contribution in [0.3, 0.4) is 0 Å². The third-order valence-corrected chi connectivity index (χ3v) is 3.15. The van der Waals surface area contributed by atoms with Crippen molar-refractivity contribution >= 4 is 11.8 Å².